The average molecular weight is 268 g/mol. The summed E-state index contributed by atoms with van der Waals surface area (Å²) in [6, 6.07) is 2.02. The predicted molar refractivity (Wildman–Crippen MR) is 80.4 cm³/mol. The van der Waals surface area contributed by atoms with E-state index in [0.717, 1.165) is 31.6 Å². The van der Waals surface area contributed by atoms with E-state index in [0.29, 0.717) is 18.1 Å². The highest BCUT2D eigenvalue weighted by atomic mass is 16.5. The highest BCUT2D eigenvalue weighted by Crippen LogP contribution is 2.25. The van der Waals surface area contributed by atoms with Gasteiger partial charge >= 0.3 is 0 Å². The van der Waals surface area contributed by atoms with E-state index in [4.69, 9.17) is 4.74 Å². The Morgan fingerprint density at radius 1 is 1.32 bits per heavy atom. The minimum atomic E-state index is 0.663. The Kier molecular flexibility index (Phi) is 5.67. The molecule has 0 aliphatic carbocycles. The van der Waals surface area contributed by atoms with E-state index in [1.807, 2.05) is 0 Å². The number of piperazine rings is 1. The van der Waals surface area contributed by atoms with E-state index in [-0.39, 0.29) is 0 Å². The molecular formula is C16H32N2O. The Bertz CT molecular complexity index is 263. The van der Waals surface area contributed by atoms with Crippen molar-refractivity contribution >= 4 is 0 Å². The molecule has 0 aromatic carbocycles. The number of ether oxygens (including phenoxy) is 1. The molecule has 2 saturated heterocycles. The van der Waals surface area contributed by atoms with Gasteiger partial charge in [-0.25, -0.2) is 0 Å². The highest BCUT2D eigenvalue weighted by Gasteiger charge is 2.36. The topological polar surface area (TPSA) is 24.5 Å². The third-order valence-electron chi connectivity index (χ3n) is 4.90. The third kappa shape index (κ3) is 3.93. The van der Waals surface area contributed by atoms with Crippen LogP contribution < -0.4 is 5.32 Å². The highest BCUT2D eigenvalue weighted by molar-refractivity contribution is 4.93. The number of rotatable bonds is 5. The zero-order valence-corrected chi connectivity index (χ0v) is 13.2. The van der Waals surface area contributed by atoms with Crippen LogP contribution in [-0.4, -0.2) is 49.3 Å². The number of nitrogens with zero attached hydrogens (tertiary/aromatic N) is 1. The van der Waals surface area contributed by atoms with Gasteiger partial charge in [0.05, 0.1) is 6.61 Å². The number of hydrogen-bond donors (Lipinski definition) is 1. The van der Waals surface area contributed by atoms with Gasteiger partial charge in [-0.05, 0) is 24.7 Å². The van der Waals surface area contributed by atoms with Crippen LogP contribution in [0.2, 0.25) is 0 Å². The van der Waals surface area contributed by atoms with Gasteiger partial charge in [-0.15, -0.1) is 0 Å². The first kappa shape index (κ1) is 15.3. The molecule has 4 unspecified atom stereocenters. The second-order valence-corrected chi connectivity index (χ2v) is 6.90. The fraction of sp³-hybridized carbons (Fsp3) is 1.00. The molecule has 2 heterocycles. The zero-order chi connectivity index (χ0) is 13.8. The van der Waals surface area contributed by atoms with Crippen molar-refractivity contribution in [3.8, 4) is 0 Å². The van der Waals surface area contributed by atoms with Crippen LogP contribution in [-0.2, 0) is 4.74 Å². The predicted octanol–water partition coefficient (Wildman–Crippen LogP) is 2.51. The molecule has 0 spiro atoms. The summed E-state index contributed by atoms with van der Waals surface area (Å²) in [6.07, 6.45) is 3.78. The van der Waals surface area contributed by atoms with Crippen molar-refractivity contribution < 1.29 is 4.74 Å². The van der Waals surface area contributed by atoms with Gasteiger partial charge in [0.2, 0.25) is 0 Å². The fourth-order valence-corrected chi connectivity index (χ4v) is 3.59. The van der Waals surface area contributed by atoms with Crippen molar-refractivity contribution in [3.05, 3.63) is 0 Å². The number of nitrogens with one attached hydrogen (secondary N) is 1. The van der Waals surface area contributed by atoms with Crippen molar-refractivity contribution in [1.29, 1.82) is 0 Å². The van der Waals surface area contributed by atoms with Gasteiger partial charge in [-0.1, -0.05) is 34.1 Å². The van der Waals surface area contributed by atoms with E-state index in [2.05, 4.69) is 37.9 Å². The molecule has 112 valence electrons. The maximum atomic E-state index is 5.63. The lowest BCUT2D eigenvalue weighted by Crippen LogP contribution is -2.61. The largest absolute Gasteiger partial charge is 0.380 e. The van der Waals surface area contributed by atoms with Crippen LogP contribution in [0.1, 0.15) is 47.0 Å². The molecule has 3 nitrogen and oxygen atoms in total. The lowest BCUT2D eigenvalue weighted by atomic mass is 9.91. The minimum absolute atomic E-state index is 0.663. The van der Waals surface area contributed by atoms with Crippen molar-refractivity contribution in [2.75, 3.05) is 26.3 Å². The molecule has 2 fully saturated rings. The van der Waals surface area contributed by atoms with Gasteiger partial charge in [0.1, 0.15) is 0 Å². The Morgan fingerprint density at radius 3 is 2.68 bits per heavy atom. The lowest BCUT2D eigenvalue weighted by molar-refractivity contribution is 0.0395. The molecule has 2 aliphatic rings. The van der Waals surface area contributed by atoms with Crippen LogP contribution in [0.5, 0.6) is 0 Å². The first-order valence-electron chi connectivity index (χ1n) is 8.18. The van der Waals surface area contributed by atoms with Crippen LogP contribution in [0.3, 0.4) is 0 Å². The van der Waals surface area contributed by atoms with Gasteiger partial charge in [-0.2, -0.15) is 0 Å². The summed E-state index contributed by atoms with van der Waals surface area (Å²) in [4.78, 5) is 2.77. The van der Waals surface area contributed by atoms with Gasteiger partial charge in [0.25, 0.3) is 0 Å². The second-order valence-electron chi connectivity index (χ2n) is 6.90. The molecule has 0 radical (unpaired) electrons. The second kappa shape index (κ2) is 7.05. The van der Waals surface area contributed by atoms with Crippen molar-refractivity contribution in [2.45, 2.75) is 65.1 Å². The summed E-state index contributed by atoms with van der Waals surface area (Å²) >= 11 is 0. The van der Waals surface area contributed by atoms with Crippen LogP contribution >= 0.6 is 0 Å². The molecule has 2 rings (SSSR count). The van der Waals surface area contributed by atoms with Gasteiger partial charge < -0.3 is 10.1 Å². The quantitative estimate of drug-likeness (QED) is 0.829. The zero-order valence-electron chi connectivity index (χ0n) is 13.2. The van der Waals surface area contributed by atoms with E-state index in [1.165, 1.54) is 25.8 Å². The van der Waals surface area contributed by atoms with Crippen molar-refractivity contribution in [1.82, 2.24) is 10.2 Å². The standard InChI is InChI=1S/C16H32N2O/c1-5-13(4)16-9-17-14(8-12(2)3)10-18(16)15-6-7-19-11-15/h12-17H,5-11H2,1-4H3. The van der Waals surface area contributed by atoms with E-state index in [9.17, 15) is 0 Å². The first-order valence-corrected chi connectivity index (χ1v) is 8.18. The van der Waals surface area contributed by atoms with Crippen LogP contribution in [0.4, 0.5) is 0 Å². The average Bonchev–Trinajstić information content (AvgIpc) is 2.91. The molecule has 19 heavy (non-hydrogen) atoms. The molecule has 2 aliphatic heterocycles. The normalized spacial score (nSPS) is 34.9. The SMILES string of the molecule is CCC(C)C1CNC(CC(C)C)CN1C1CCOC1. The van der Waals surface area contributed by atoms with Gasteiger partial charge in [0.15, 0.2) is 0 Å². The smallest absolute Gasteiger partial charge is 0.0622 e. The molecule has 0 bridgehead atoms. The molecule has 4 atom stereocenters. The van der Waals surface area contributed by atoms with Gasteiger partial charge in [0, 0.05) is 37.8 Å². The monoisotopic (exact) mass is 268 g/mol. The van der Waals surface area contributed by atoms with E-state index in [1.54, 1.807) is 0 Å². The van der Waals surface area contributed by atoms with Crippen molar-refractivity contribution in [2.24, 2.45) is 11.8 Å². The summed E-state index contributed by atoms with van der Waals surface area (Å²) in [5.74, 6) is 1.55. The Morgan fingerprint density at radius 2 is 2.11 bits per heavy atom. The summed E-state index contributed by atoms with van der Waals surface area (Å²) in [5.41, 5.74) is 0. The Hall–Kier alpha value is -0.120. The van der Waals surface area contributed by atoms with Crippen LogP contribution in [0, 0.1) is 11.8 Å². The molecular weight excluding hydrogens is 236 g/mol. The molecule has 0 amide bonds. The molecule has 0 aromatic rings. The van der Waals surface area contributed by atoms with E-state index >= 15 is 0 Å². The van der Waals surface area contributed by atoms with Crippen LogP contribution in [0.25, 0.3) is 0 Å². The molecule has 3 heteroatoms. The summed E-state index contributed by atoms with van der Waals surface area (Å²) < 4.78 is 5.63. The summed E-state index contributed by atoms with van der Waals surface area (Å²) in [6.45, 7) is 13.6. The molecule has 0 saturated carbocycles. The fourth-order valence-electron chi connectivity index (χ4n) is 3.59. The number of hydrogen-bond acceptors (Lipinski definition) is 3. The summed E-state index contributed by atoms with van der Waals surface area (Å²) in [5, 5.41) is 3.79. The lowest BCUT2D eigenvalue weighted by Gasteiger charge is -2.46. The molecule has 0 aromatic heterocycles. The first-order chi connectivity index (χ1) is 9.11. The third-order valence-corrected chi connectivity index (χ3v) is 4.90. The Balaban J connectivity index is 2.00. The maximum absolute atomic E-state index is 5.63. The Labute approximate surface area is 119 Å². The van der Waals surface area contributed by atoms with Gasteiger partial charge in [-0.3, -0.25) is 4.90 Å². The summed E-state index contributed by atoms with van der Waals surface area (Å²) in [7, 11) is 0. The molecule has 1 N–H and O–H groups in total. The van der Waals surface area contributed by atoms with E-state index < -0.39 is 0 Å². The van der Waals surface area contributed by atoms with Crippen LogP contribution in [0.15, 0.2) is 0 Å². The van der Waals surface area contributed by atoms with Crippen molar-refractivity contribution in [3.63, 3.8) is 0 Å². The minimum Gasteiger partial charge on any atom is -0.380 e. The maximum Gasteiger partial charge on any atom is 0.0622 e.